The molecule has 2 aromatic rings. The summed E-state index contributed by atoms with van der Waals surface area (Å²) in [6.45, 7) is 1.93. The number of rotatable bonds is 5. The fraction of sp³-hybridized carbons (Fsp3) is 0.353. The van der Waals surface area contributed by atoms with Crippen LogP contribution in [0.5, 0.6) is 11.5 Å². The van der Waals surface area contributed by atoms with Gasteiger partial charge in [-0.3, -0.25) is 4.98 Å². The molecule has 1 fully saturated rings. The Morgan fingerprint density at radius 2 is 2.09 bits per heavy atom. The maximum atomic E-state index is 6.30. The van der Waals surface area contributed by atoms with Gasteiger partial charge in [0.2, 0.25) is 0 Å². The summed E-state index contributed by atoms with van der Waals surface area (Å²) >= 11 is 6.10. The van der Waals surface area contributed by atoms with Crippen molar-refractivity contribution in [1.82, 2.24) is 10.3 Å². The second-order valence-electron chi connectivity index (χ2n) is 5.38. The van der Waals surface area contributed by atoms with Crippen molar-refractivity contribution in [2.45, 2.75) is 12.5 Å². The number of hydrogen-bond donors (Lipinski definition) is 1. The van der Waals surface area contributed by atoms with Crippen molar-refractivity contribution in [2.75, 3.05) is 20.2 Å². The van der Waals surface area contributed by atoms with Gasteiger partial charge in [0.25, 0.3) is 0 Å². The van der Waals surface area contributed by atoms with Crippen molar-refractivity contribution in [3.05, 3.63) is 53.3 Å². The first-order valence-electron chi connectivity index (χ1n) is 7.39. The van der Waals surface area contributed by atoms with Crippen LogP contribution in [0.1, 0.15) is 18.1 Å². The zero-order valence-electron chi connectivity index (χ0n) is 12.5. The zero-order valence-corrected chi connectivity index (χ0v) is 13.2. The minimum Gasteiger partial charge on any atom is -0.493 e. The first kappa shape index (κ1) is 15.1. The molecule has 4 nitrogen and oxygen atoms in total. The topological polar surface area (TPSA) is 43.4 Å². The number of para-hydroxylation sites is 2. The molecule has 22 heavy (non-hydrogen) atoms. The highest BCUT2D eigenvalue weighted by Gasteiger charge is 2.29. The van der Waals surface area contributed by atoms with Crippen molar-refractivity contribution >= 4 is 11.6 Å². The molecule has 1 aromatic heterocycles. The highest BCUT2D eigenvalue weighted by molar-refractivity contribution is 6.30. The summed E-state index contributed by atoms with van der Waals surface area (Å²) in [7, 11) is 1.65. The Bertz CT molecular complexity index is 630. The van der Waals surface area contributed by atoms with Crippen molar-refractivity contribution in [3.63, 3.8) is 0 Å². The maximum Gasteiger partial charge on any atom is 0.162 e. The smallest absolute Gasteiger partial charge is 0.162 e. The molecule has 0 radical (unpaired) electrons. The van der Waals surface area contributed by atoms with Crippen LogP contribution >= 0.6 is 11.6 Å². The Morgan fingerprint density at radius 1 is 1.27 bits per heavy atom. The number of nitrogens with one attached hydrogen (secondary N) is 1. The first-order chi connectivity index (χ1) is 10.8. The second-order valence-corrected chi connectivity index (χ2v) is 5.82. The van der Waals surface area contributed by atoms with E-state index in [9.17, 15) is 0 Å². The van der Waals surface area contributed by atoms with E-state index in [1.165, 1.54) is 0 Å². The van der Waals surface area contributed by atoms with Gasteiger partial charge in [0.1, 0.15) is 6.10 Å². The van der Waals surface area contributed by atoms with Gasteiger partial charge in [-0.05, 0) is 31.2 Å². The van der Waals surface area contributed by atoms with E-state index in [4.69, 9.17) is 21.1 Å². The Morgan fingerprint density at radius 3 is 2.77 bits per heavy atom. The third-order valence-electron chi connectivity index (χ3n) is 3.90. The zero-order chi connectivity index (χ0) is 15.4. The van der Waals surface area contributed by atoms with Crippen molar-refractivity contribution < 1.29 is 9.47 Å². The lowest BCUT2D eigenvalue weighted by atomic mass is 9.96. The fourth-order valence-electron chi connectivity index (χ4n) is 2.81. The van der Waals surface area contributed by atoms with Gasteiger partial charge >= 0.3 is 0 Å². The van der Waals surface area contributed by atoms with Crippen LogP contribution in [0.25, 0.3) is 0 Å². The van der Waals surface area contributed by atoms with Crippen LogP contribution in [0.2, 0.25) is 5.02 Å². The van der Waals surface area contributed by atoms with Gasteiger partial charge in [0.05, 0.1) is 12.1 Å². The number of pyridine rings is 1. The third kappa shape index (κ3) is 3.34. The van der Waals surface area contributed by atoms with E-state index < -0.39 is 0 Å². The molecule has 1 aliphatic heterocycles. The van der Waals surface area contributed by atoms with Crippen LogP contribution in [0.4, 0.5) is 0 Å². The van der Waals surface area contributed by atoms with E-state index in [2.05, 4.69) is 10.3 Å². The Labute approximate surface area is 135 Å². The van der Waals surface area contributed by atoms with E-state index in [1.54, 1.807) is 13.3 Å². The molecule has 0 amide bonds. The molecule has 0 bridgehead atoms. The Balaban J connectivity index is 1.91. The average molecular weight is 319 g/mol. The molecule has 116 valence electrons. The average Bonchev–Trinajstić information content (AvgIpc) is 3.07. The molecule has 1 aromatic carbocycles. The minimum absolute atomic E-state index is 0.0995. The van der Waals surface area contributed by atoms with Crippen molar-refractivity contribution in [3.8, 4) is 11.5 Å². The molecular weight excluding hydrogens is 300 g/mol. The molecule has 1 aliphatic rings. The molecule has 0 spiro atoms. The van der Waals surface area contributed by atoms with Gasteiger partial charge in [-0.1, -0.05) is 23.7 Å². The second kappa shape index (κ2) is 6.99. The normalized spacial score (nSPS) is 18.9. The molecule has 0 unspecified atom stereocenters. The summed E-state index contributed by atoms with van der Waals surface area (Å²) in [4.78, 5) is 4.20. The number of methoxy groups -OCH3 is 1. The van der Waals surface area contributed by atoms with Gasteiger partial charge in [0.15, 0.2) is 11.5 Å². The molecule has 0 aliphatic carbocycles. The van der Waals surface area contributed by atoms with Gasteiger partial charge in [-0.2, -0.15) is 0 Å². The molecule has 1 N–H and O–H groups in total. The van der Waals surface area contributed by atoms with E-state index >= 15 is 0 Å². The Kier molecular flexibility index (Phi) is 4.80. The molecule has 2 atom stereocenters. The number of nitrogens with zero attached hydrogens (tertiary/aromatic N) is 1. The van der Waals surface area contributed by atoms with E-state index in [1.807, 2.05) is 36.5 Å². The van der Waals surface area contributed by atoms with E-state index in [0.717, 1.165) is 36.6 Å². The molecule has 3 rings (SSSR count). The van der Waals surface area contributed by atoms with Crippen molar-refractivity contribution in [2.24, 2.45) is 5.92 Å². The standard InChI is InChI=1S/C17H19ClN2O2/c1-21-15-4-2-3-5-16(15)22-17(12-6-7-19-9-12)13-8-14(18)11-20-10-13/h2-5,8,10-12,17,19H,6-7,9H2,1H3/t12-,17-/m0/s1. The van der Waals surface area contributed by atoms with Crippen LogP contribution in [-0.2, 0) is 0 Å². The summed E-state index contributed by atoms with van der Waals surface area (Å²) in [6, 6.07) is 9.62. The molecular formula is C17H19ClN2O2. The van der Waals surface area contributed by atoms with Crippen LogP contribution in [0, 0.1) is 5.92 Å². The SMILES string of the molecule is COc1ccccc1O[C@H](c1cncc(Cl)c1)[C@H]1CCNC1. The maximum absolute atomic E-state index is 6.30. The summed E-state index contributed by atoms with van der Waals surface area (Å²) in [5.41, 5.74) is 0.993. The predicted molar refractivity (Wildman–Crippen MR) is 86.6 cm³/mol. The molecule has 0 saturated carbocycles. The minimum atomic E-state index is -0.0995. The van der Waals surface area contributed by atoms with Gasteiger partial charge in [0, 0.05) is 30.4 Å². The summed E-state index contributed by atoms with van der Waals surface area (Å²) in [5, 5.41) is 4.01. The van der Waals surface area contributed by atoms with E-state index in [0.29, 0.717) is 10.9 Å². The van der Waals surface area contributed by atoms with Crippen LogP contribution in [0.3, 0.4) is 0 Å². The van der Waals surface area contributed by atoms with Crippen molar-refractivity contribution in [1.29, 1.82) is 0 Å². The predicted octanol–water partition coefficient (Wildman–Crippen LogP) is 3.47. The van der Waals surface area contributed by atoms with Gasteiger partial charge in [-0.15, -0.1) is 0 Å². The lowest BCUT2D eigenvalue weighted by Gasteiger charge is -2.25. The van der Waals surface area contributed by atoms with Crippen LogP contribution in [0.15, 0.2) is 42.7 Å². The summed E-state index contributed by atoms with van der Waals surface area (Å²) in [6.07, 6.45) is 4.42. The lowest BCUT2D eigenvalue weighted by Crippen LogP contribution is -2.21. The number of aromatic nitrogens is 1. The summed E-state index contributed by atoms with van der Waals surface area (Å²) < 4.78 is 11.7. The number of ether oxygens (including phenoxy) is 2. The number of hydrogen-bond acceptors (Lipinski definition) is 4. The van der Waals surface area contributed by atoms with Gasteiger partial charge < -0.3 is 14.8 Å². The first-order valence-corrected chi connectivity index (χ1v) is 7.76. The number of halogens is 1. The fourth-order valence-corrected chi connectivity index (χ4v) is 2.99. The van der Waals surface area contributed by atoms with Gasteiger partial charge in [-0.25, -0.2) is 0 Å². The quantitative estimate of drug-likeness (QED) is 0.916. The largest absolute Gasteiger partial charge is 0.493 e. The monoisotopic (exact) mass is 318 g/mol. The summed E-state index contributed by atoms with van der Waals surface area (Å²) in [5.74, 6) is 1.85. The third-order valence-corrected chi connectivity index (χ3v) is 4.11. The lowest BCUT2D eigenvalue weighted by molar-refractivity contribution is 0.139. The Hall–Kier alpha value is -1.78. The van der Waals surface area contributed by atoms with Crippen LogP contribution < -0.4 is 14.8 Å². The molecule has 2 heterocycles. The van der Waals surface area contributed by atoms with Crippen LogP contribution in [-0.4, -0.2) is 25.2 Å². The van der Waals surface area contributed by atoms with E-state index in [-0.39, 0.29) is 6.10 Å². The number of benzene rings is 1. The highest BCUT2D eigenvalue weighted by Crippen LogP contribution is 2.36. The highest BCUT2D eigenvalue weighted by atomic mass is 35.5. The molecule has 5 heteroatoms. The molecule has 1 saturated heterocycles.